The highest BCUT2D eigenvalue weighted by atomic mass is 32.8. The molecule has 1 aliphatic rings. The molecule has 0 amide bonds. The lowest BCUT2D eigenvalue weighted by Crippen LogP contribution is -1.99. The first-order valence-electron chi connectivity index (χ1n) is 3.11. The number of hydrogen-bond donors (Lipinski definition) is 0. The maximum atomic E-state index is 11.2. The zero-order valence-electron chi connectivity index (χ0n) is 6.16. The Morgan fingerprint density at radius 2 is 2.36 bits per heavy atom. The molecule has 1 heterocycles. The van der Waals surface area contributed by atoms with E-state index in [4.69, 9.17) is 11.2 Å². The fraction of sp³-hybridized carbons (Fsp3) is 0.125. The number of rotatable bonds is 2. The van der Waals surface area contributed by atoms with Gasteiger partial charge in [-0.3, -0.25) is 4.79 Å². The van der Waals surface area contributed by atoms with E-state index in [-0.39, 0.29) is 15.2 Å². The van der Waals surface area contributed by atoms with Crippen molar-refractivity contribution in [1.82, 2.24) is 0 Å². The first-order valence-corrected chi connectivity index (χ1v) is 5.38. The van der Waals surface area contributed by atoms with Crippen molar-refractivity contribution in [3.8, 4) is 0 Å². The lowest BCUT2D eigenvalue weighted by Gasteiger charge is -1.94. The van der Waals surface area contributed by atoms with E-state index in [0.717, 1.165) is 0 Å². The van der Waals surface area contributed by atoms with E-state index in [1.807, 2.05) is 5.41 Å². The van der Waals surface area contributed by atoms with Crippen molar-refractivity contribution < 1.29 is 4.79 Å². The van der Waals surface area contributed by atoms with Gasteiger partial charge in [0.15, 0.2) is 5.78 Å². The average Bonchev–Trinajstić information content (AvgIpc) is 2.34. The monoisotopic (exact) mass is 184 g/mol. The third kappa shape index (κ3) is 1.94. The van der Waals surface area contributed by atoms with Crippen molar-refractivity contribution in [3.63, 3.8) is 0 Å². The molecule has 0 fully saturated rings. The molecule has 0 saturated heterocycles. The molecule has 58 valence electrons. The van der Waals surface area contributed by atoms with Crippen LogP contribution in [0.3, 0.4) is 0 Å². The van der Waals surface area contributed by atoms with E-state index in [0.29, 0.717) is 11.1 Å². The third-order valence-electron chi connectivity index (χ3n) is 1.27. The van der Waals surface area contributed by atoms with Crippen LogP contribution in [0.1, 0.15) is 6.92 Å². The van der Waals surface area contributed by atoms with Gasteiger partial charge >= 0.3 is 0 Å². The maximum absolute atomic E-state index is 11.2. The summed E-state index contributed by atoms with van der Waals surface area (Å²) in [5.41, 5.74) is 1.26. The fourth-order valence-corrected chi connectivity index (χ4v) is 1.99. The van der Waals surface area contributed by atoms with Gasteiger partial charge in [-0.1, -0.05) is 16.0 Å². The molecule has 0 aromatic heterocycles. The Balaban J connectivity index is 2.87. The second-order valence-corrected chi connectivity index (χ2v) is 4.63. The van der Waals surface area contributed by atoms with Crippen LogP contribution in [0, 0.1) is 0 Å². The van der Waals surface area contributed by atoms with Crippen LogP contribution in [-0.2, 0) is 25.4 Å². The molecule has 1 unspecified atom stereocenters. The molecule has 0 aromatic carbocycles. The summed E-state index contributed by atoms with van der Waals surface area (Å²) in [4.78, 5) is 11.2. The molecule has 0 aromatic rings. The first kappa shape index (κ1) is 8.56. The van der Waals surface area contributed by atoms with E-state index in [1.54, 1.807) is 18.4 Å². The highest BCUT2D eigenvalue weighted by Crippen LogP contribution is 2.13. The van der Waals surface area contributed by atoms with Gasteiger partial charge in [-0.2, -0.15) is 0 Å². The highest BCUT2D eigenvalue weighted by molar-refractivity contribution is 8.32. The van der Waals surface area contributed by atoms with Gasteiger partial charge < -0.3 is 0 Å². The summed E-state index contributed by atoms with van der Waals surface area (Å²) in [7, 11) is -0.261. The lowest BCUT2D eigenvalue weighted by atomic mass is 10.1. The second kappa shape index (κ2) is 3.24. The molecule has 1 nitrogen and oxygen atoms in total. The van der Waals surface area contributed by atoms with Crippen LogP contribution in [0.5, 0.6) is 0 Å². The summed E-state index contributed by atoms with van der Waals surface area (Å²) in [5.74, 6) is 0.00102. The molecular weight excluding hydrogens is 176 g/mol. The predicted octanol–water partition coefficient (Wildman–Crippen LogP) is 1.62. The number of hydrogen-bond acceptors (Lipinski definition) is 2. The zero-order valence-corrected chi connectivity index (χ0v) is 7.80. The van der Waals surface area contributed by atoms with Gasteiger partial charge in [0.1, 0.15) is 0 Å². The van der Waals surface area contributed by atoms with Gasteiger partial charge in [0, 0.05) is 5.57 Å². The maximum Gasteiger partial charge on any atom is 0.188 e. The van der Waals surface area contributed by atoms with Crippen LogP contribution in [0.25, 0.3) is 0 Å². The minimum Gasteiger partial charge on any atom is -0.289 e. The minimum atomic E-state index is -0.261. The van der Waals surface area contributed by atoms with Gasteiger partial charge in [0.2, 0.25) is 0 Å². The smallest absolute Gasteiger partial charge is 0.188 e. The molecule has 1 atom stereocenters. The van der Waals surface area contributed by atoms with Crippen LogP contribution in [0.4, 0.5) is 0 Å². The van der Waals surface area contributed by atoms with E-state index in [2.05, 4.69) is 6.58 Å². The van der Waals surface area contributed by atoms with Crippen LogP contribution in [0.15, 0.2) is 34.6 Å². The van der Waals surface area contributed by atoms with E-state index >= 15 is 0 Å². The summed E-state index contributed by atoms with van der Waals surface area (Å²) >= 11 is 4.97. The summed E-state index contributed by atoms with van der Waals surface area (Å²) in [6.07, 6.45) is 1.77. The number of carbonyl (C=O) groups is 1. The van der Waals surface area contributed by atoms with Gasteiger partial charge in [-0.15, -0.1) is 0 Å². The molecule has 0 radical (unpaired) electrons. The summed E-state index contributed by atoms with van der Waals surface area (Å²) in [5, 5.41) is 3.65. The second-order valence-electron chi connectivity index (χ2n) is 2.31. The number of ketones is 1. The molecular formula is C8H8OS2. The Labute approximate surface area is 73.1 Å². The lowest BCUT2D eigenvalue weighted by molar-refractivity contribution is -0.111. The highest BCUT2D eigenvalue weighted by Gasteiger charge is 2.10. The summed E-state index contributed by atoms with van der Waals surface area (Å²) < 4.78 is 0. The Bertz CT molecular complexity index is 297. The zero-order chi connectivity index (χ0) is 8.43. The van der Waals surface area contributed by atoms with Crippen molar-refractivity contribution >= 4 is 26.4 Å². The third-order valence-corrected chi connectivity index (χ3v) is 2.79. The standard InChI is InChI=1S/C8H8OS2/c1-6(2)8(9)7-3-4-11(10)5-7/h3-5H,1H2,2H3. The van der Waals surface area contributed by atoms with Crippen LogP contribution < -0.4 is 0 Å². The Hall–Kier alpha value is -0.540. The van der Waals surface area contributed by atoms with Crippen LogP contribution in [0.2, 0.25) is 0 Å². The topological polar surface area (TPSA) is 17.1 Å². The van der Waals surface area contributed by atoms with Crippen molar-refractivity contribution in [2.45, 2.75) is 6.92 Å². The van der Waals surface area contributed by atoms with Crippen molar-refractivity contribution in [1.29, 1.82) is 0 Å². The number of allylic oxidation sites excluding steroid dienone is 3. The van der Waals surface area contributed by atoms with Crippen LogP contribution >= 0.6 is 0 Å². The fourth-order valence-electron chi connectivity index (χ4n) is 0.720. The molecule has 3 heteroatoms. The van der Waals surface area contributed by atoms with Crippen molar-refractivity contribution in [2.24, 2.45) is 0 Å². The molecule has 0 spiro atoms. The number of carbonyl (C=O) groups excluding carboxylic acids is 1. The summed E-state index contributed by atoms with van der Waals surface area (Å²) in [6.45, 7) is 5.27. The largest absolute Gasteiger partial charge is 0.289 e. The molecule has 0 N–H and O–H groups in total. The Kier molecular flexibility index (Phi) is 2.52. The molecule has 11 heavy (non-hydrogen) atoms. The predicted molar refractivity (Wildman–Crippen MR) is 51.8 cm³/mol. The summed E-state index contributed by atoms with van der Waals surface area (Å²) in [6, 6.07) is 0. The molecule has 0 bridgehead atoms. The van der Waals surface area contributed by atoms with E-state index < -0.39 is 0 Å². The van der Waals surface area contributed by atoms with Gasteiger partial charge in [-0.05, 0) is 40.6 Å². The Morgan fingerprint density at radius 3 is 2.73 bits per heavy atom. The number of Topliss-reactive ketones (excluding diaryl/α,β-unsaturated/α-hetero) is 1. The van der Waals surface area contributed by atoms with Crippen molar-refractivity contribution in [3.05, 3.63) is 34.6 Å². The first-order chi connectivity index (χ1) is 5.11. The molecule has 1 rings (SSSR count). The minimum absolute atomic E-state index is 0.00102. The SMILES string of the molecule is C=C(C)C(=O)C1=CS(=S)C=C1. The van der Waals surface area contributed by atoms with Crippen LogP contribution in [-0.4, -0.2) is 5.78 Å². The average molecular weight is 184 g/mol. The van der Waals surface area contributed by atoms with Crippen molar-refractivity contribution in [2.75, 3.05) is 0 Å². The molecule has 1 aliphatic heterocycles. The van der Waals surface area contributed by atoms with Gasteiger partial charge in [0.05, 0.1) is 0 Å². The van der Waals surface area contributed by atoms with E-state index in [1.165, 1.54) is 0 Å². The van der Waals surface area contributed by atoms with Gasteiger partial charge in [-0.25, -0.2) is 0 Å². The normalized spacial score (nSPS) is 21.5. The Morgan fingerprint density at radius 1 is 1.73 bits per heavy atom. The quantitative estimate of drug-likeness (QED) is 0.607. The molecule has 0 saturated carbocycles. The van der Waals surface area contributed by atoms with Gasteiger partial charge in [0.25, 0.3) is 0 Å². The van der Waals surface area contributed by atoms with E-state index in [9.17, 15) is 4.79 Å². The molecule has 0 aliphatic carbocycles.